The normalized spacial score (nSPS) is 16.8. The maximum Gasteiger partial charge on any atom is 0.0951 e. The van der Waals surface area contributed by atoms with Crippen LogP contribution in [0, 0.1) is 0 Å². The van der Waals surface area contributed by atoms with Gasteiger partial charge in [-0.2, -0.15) is 0 Å². The molecule has 0 saturated heterocycles. The SMILES string of the molecule is NCCCc1cn(C2CC2)cn1. The molecule has 0 amide bonds. The maximum atomic E-state index is 5.42. The van der Waals surface area contributed by atoms with E-state index in [0.29, 0.717) is 0 Å². The lowest BCUT2D eigenvalue weighted by Crippen LogP contribution is -2.00. The molecule has 0 unspecified atom stereocenters. The minimum Gasteiger partial charge on any atom is -0.334 e. The number of rotatable bonds is 4. The topological polar surface area (TPSA) is 43.8 Å². The standard InChI is InChI=1S/C9H15N3/c10-5-1-2-8-6-12(7-11-8)9-3-4-9/h6-7,9H,1-5,10H2. The maximum absolute atomic E-state index is 5.42. The molecule has 1 fully saturated rings. The summed E-state index contributed by atoms with van der Waals surface area (Å²) in [5.41, 5.74) is 6.61. The quantitative estimate of drug-likeness (QED) is 0.726. The van der Waals surface area contributed by atoms with Gasteiger partial charge in [0.25, 0.3) is 0 Å². The molecule has 0 spiro atoms. The predicted molar refractivity (Wildman–Crippen MR) is 47.9 cm³/mol. The smallest absolute Gasteiger partial charge is 0.0951 e. The average Bonchev–Trinajstić information content (AvgIpc) is 2.83. The molecule has 0 radical (unpaired) electrons. The Bertz CT molecular complexity index is 250. The van der Waals surface area contributed by atoms with Gasteiger partial charge in [-0.05, 0) is 32.2 Å². The molecule has 1 aliphatic rings. The zero-order valence-corrected chi connectivity index (χ0v) is 7.24. The lowest BCUT2D eigenvalue weighted by atomic mass is 10.2. The number of hydrogen-bond acceptors (Lipinski definition) is 2. The van der Waals surface area contributed by atoms with Crippen molar-refractivity contribution in [2.45, 2.75) is 31.7 Å². The Morgan fingerprint density at radius 1 is 1.58 bits per heavy atom. The van der Waals surface area contributed by atoms with Gasteiger partial charge in [-0.15, -0.1) is 0 Å². The lowest BCUT2D eigenvalue weighted by molar-refractivity contribution is 0.738. The molecule has 1 aromatic heterocycles. The van der Waals surface area contributed by atoms with Crippen molar-refractivity contribution >= 4 is 0 Å². The zero-order valence-electron chi connectivity index (χ0n) is 7.24. The van der Waals surface area contributed by atoms with E-state index in [1.165, 1.54) is 18.5 Å². The molecule has 0 aromatic carbocycles. The number of hydrogen-bond donors (Lipinski definition) is 1. The molecule has 0 bridgehead atoms. The molecule has 3 nitrogen and oxygen atoms in total. The summed E-state index contributed by atoms with van der Waals surface area (Å²) in [7, 11) is 0. The van der Waals surface area contributed by atoms with E-state index in [0.717, 1.165) is 25.4 Å². The number of imidazole rings is 1. The van der Waals surface area contributed by atoms with Gasteiger partial charge in [-0.25, -0.2) is 4.98 Å². The van der Waals surface area contributed by atoms with Gasteiger partial charge >= 0.3 is 0 Å². The Balaban J connectivity index is 1.93. The van der Waals surface area contributed by atoms with Crippen LogP contribution in [-0.4, -0.2) is 16.1 Å². The van der Waals surface area contributed by atoms with Crippen molar-refractivity contribution in [2.24, 2.45) is 5.73 Å². The highest BCUT2D eigenvalue weighted by Gasteiger charge is 2.22. The Labute approximate surface area is 72.6 Å². The summed E-state index contributed by atoms with van der Waals surface area (Å²) in [6.45, 7) is 0.760. The average molecular weight is 165 g/mol. The Morgan fingerprint density at radius 3 is 3.08 bits per heavy atom. The second kappa shape index (κ2) is 3.27. The second-order valence-corrected chi connectivity index (χ2v) is 3.44. The minimum atomic E-state index is 0.754. The molecule has 3 heteroatoms. The van der Waals surface area contributed by atoms with Gasteiger partial charge in [0.1, 0.15) is 0 Å². The Hall–Kier alpha value is -0.830. The highest BCUT2D eigenvalue weighted by Crippen LogP contribution is 2.34. The van der Waals surface area contributed by atoms with Crippen LogP contribution in [0.4, 0.5) is 0 Å². The number of nitrogens with zero attached hydrogens (tertiary/aromatic N) is 2. The van der Waals surface area contributed by atoms with Crippen LogP contribution in [-0.2, 0) is 6.42 Å². The van der Waals surface area contributed by atoms with Crippen molar-refractivity contribution < 1.29 is 0 Å². The molecule has 1 saturated carbocycles. The first-order valence-electron chi connectivity index (χ1n) is 4.62. The van der Waals surface area contributed by atoms with Crippen LogP contribution in [0.15, 0.2) is 12.5 Å². The van der Waals surface area contributed by atoms with E-state index in [-0.39, 0.29) is 0 Å². The van der Waals surface area contributed by atoms with Gasteiger partial charge in [0, 0.05) is 12.2 Å². The summed E-state index contributed by atoms with van der Waals surface area (Å²) in [6.07, 6.45) is 8.83. The number of aryl methyl sites for hydroxylation is 1. The number of nitrogens with two attached hydrogens (primary N) is 1. The van der Waals surface area contributed by atoms with E-state index >= 15 is 0 Å². The van der Waals surface area contributed by atoms with Crippen molar-refractivity contribution in [3.63, 3.8) is 0 Å². The van der Waals surface area contributed by atoms with E-state index < -0.39 is 0 Å². The van der Waals surface area contributed by atoms with Crippen LogP contribution < -0.4 is 5.73 Å². The van der Waals surface area contributed by atoms with Crippen LogP contribution in [0.3, 0.4) is 0 Å². The van der Waals surface area contributed by atoms with Gasteiger partial charge in [-0.1, -0.05) is 0 Å². The molecule has 66 valence electrons. The van der Waals surface area contributed by atoms with Crippen LogP contribution in [0.1, 0.15) is 31.0 Å². The molecule has 12 heavy (non-hydrogen) atoms. The molecule has 1 aliphatic carbocycles. The van der Waals surface area contributed by atoms with E-state index in [4.69, 9.17) is 5.73 Å². The van der Waals surface area contributed by atoms with Crippen molar-refractivity contribution in [1.29, 1.82) is 0 Å². The first kappa shape index (κ1) is 7.80. The third-order valence-corrected chi connectivity index (χ3v) is 2.26. The van der Waals surface area contributed by atoms with E-state index in [1.807, 2.05) is 6.33 Å². The third-order valence-electron chi connectivity index (χ3n) is 2.26. The largest absolute Gasteiger partial charge is 0.334 e. The Kier molecular flexibility index (Phi) is 2.13. The van der Waals surface area contributed by atoms with Gasteiger partial charge < -0.3 is 10.3 Å². The predicted octanol–water partition coefficient (Wildman–Crippen LogP) is 1.11. The summed E-state index contributed by atoms with van der Waals surface area (Å²) in [4.78, 5) is 4.32. The van der Waals surface area contributed by atoms with Crippen molar-refractivity contribution in [3.05, 3.63) is 18.2 Å². The first-order chi connectivity index (χ1) is 5.90. The summed E-state index contributed by atoms with van der Waals surface area (Å²) in [6, 6.07) is 0.754. The fraction of sp³-hybridized carbons (Fsp3) is 0.667. The molecule has 1 heterocycles. The van der Waals surface area contributed by atoms with Gasteiger partial charge in [-0.3, -0.25) is 0 Å². The molecule has 2 rings (SSSR count). The van der Waals surface area contributed by atoms with E-state index in [9.17, 15) is 0 Å². The molecule has 2 N–H and O–H groups in total. The highest BCUT2D eigenvalue weighted by molar-refractivity contribution is 5.00. The van der Waals surface area contributed by atoms with E-state index in [2.05, 4.69) is 15.7 Å². The van der Waals surface area contributed by atoms with Crippen molar-refractivity contribution in [3.8, 4) is 0 Å². The zero-order chi connectivity index (χ0) is 8.39. The molecule has 0 atom stereocenters. The van der Waals surface area contributed by atoms with Crippen molar-refractivity contribution in [2.75, 3.05) is 6.54 Å². The summed E-state index contributed by atoms with van der Waals surface area (Å²) >= 11 is 0. The fourth-order valence-electron chi connectivity index (χ4n) is 1.36. The fourth-order valence-corrected chi connectivity index (χ4v) is 1.36. The first-order valence-corrected chi connectivity index (χ1v) is 4.62. The van der Waals surface area contributed by atoms with Crippen LogP contribution in [0.5, 0.6) is 0 Å². The lowest BCUT2D eigenvalue weighted by Gasteiger charge is -1.94. The van der Waals surface area contributed by atoms with Crippen molar-refractivity contribution in [1.82, 2.24) is 9.55 Å². The van der Waals surface area contributed by atoms with Crippen LogP contribution >= 0.6 is 0 Å². The van der Waals surface area contributed by atoms with E-state index in [1.54, 1.807) is 0 Å². The molecular formula is C9H15N3. The van der Waals surface area contributed by atoms with Gasteiger partial charge in [0.2, 0.25) is 0 Å². The summed E-state index contributed by atoms with van der Waals surface area (Å²) < 4.78 is 2.23. The second-order valence-electron chi connectivity index (χ2n) is 3.44. The third kappa shape index (κ3) is 1.67. The van der Waals surface area contributed by atoms with Crippen LogP contribution in [0.2, 0.25) is 0 Å². The Morgan fingerprint density at radius 2 is 2.42 bits per heavy atom. The van der Waals surface area contributed by atoms with Gasteiger partial charge in [0.05, 0.1) is 12.0 Å². The monoisotopic (exact) mass is 165 g/mol. The van der Waals surface area contributed by atoms with Crippen LogP contribution in [0.25, 0.3) is 0 Å². The number of aromatic nitrogens is 2. The summed E-state index contributed by atoms with van der Waals surface area (Å²) in [5, 5.41) is 0. The molecule has 0 aliphatic heterocycles. The van der Waals surface area contributed by atoms with Gasteiger partial charge in [0.15, 0.2) is 0 Å². The molecular weight excluding hydrogens is 150 g/mol. The summed E-state index contributed by atoms with van der Waals surface area (Å²) in [5.74, 6) is 0. The molecule has 1 aromatic rings. The highest BCUT2D eigenvalue weighted by atomic mass is 15.1. The minimum absolute atomic E-state index is 0.754.